The lowest BCUT2D eigenvalue weighted by atomic mass is 9.96. The van der Waals surface area contributed by atoms with E-state index in [0.717, 1.165) is 11.6 Å². The number of phenols is 1. The number of phenolic OH excluding ortho intramolecular Hbond substituents is 1. The highest BCUT2D eigenvalue weighted by atomic mass is 16.5. The SMILES string of the molecule is CC(=O)N[C@@H]1[C@@H](O)[C@H](O)[C@@H](CO)O[C@H]1n1cc(C[C@H]2NC(=O)[C@H](Cc3ccccc3)NC(=O)[C@@H]3CCCN3C(=O)[C@@H](Cc3ccccc3)NC(=O)[C@H](CC(C)C)NC(=O)[C@H](CCCN)NC(=O)[C@H](C(C)C)NC(=O)[C@H](Cc3ccc(O)cc3)NC(=O)[C@H](CCC(N)=O)NC(=O)[C@H](CC(N)=O)NC2=O)nn1. The molecule has 20 N–H and O–H groups in total. The molecule has 0 aliphatic carbocycles. The number of amides is 13. The normalized spacial score (nSPS) is 26.8. The summed E-state index contributed by atoms with van der Waals surface area (Å²) in [5.74, 6) is -13.8. The molecule has 15 atom stereocenters. The third-order valence-corrected chi connectivity index (χ3v) is 18.1. The van der Waals surface area contributed by atoms with Crippen molar-refractivity contribution in [1.29, 1.82) is 0 Å². The van der Waals surface area contributed by atoms with Gasteiger partial charge in [-0.05, 0) is 85.7 Å². The van der Waals surface area contributed by atoms with Crippen molar-refractivity contribution in [2.24, 2.45) is 29.0 Å². The Bertz CT molecular complexity index is 3700. The van der Waals surface area contributed by atoms with Crippen LogP contribution in [0.15, 0.2) is 91.1 Å². The van der Waals surface area contributed by atoms with Crippen molar-refractivity contribution >= 4 is 76.8 Å². The predicted molar refractivity (Wildman–Crippen MR) is 373 cm³/mol. The number of nitrogens with zero attached hydrogens (tertiary/aromatic N) is 4. The van der Waals surface area contributed by atoms with Crippen LogP contribution in [-0.2, 0) is 92.7 Å². The zero-order valence-corrected chi connectivity index (χ0v) is 59.1. The maximum atomic E-state index is 15.3. The summed E-state index contributed by atoms with van der Waals surface area (Å²) in [7, 11) is 0. The second kappa shape index (κ2) is 38.9. The van der Waals surface area contributed by atoms with Gasteiger partial charge in [-0.15, -0.1) is 5.10 Å². The molecule has 3 fully saturated rings. The van der Waals surface area contributed by atoms with Gasteiger partial charge in [0.25, 0.3) is 0 Å². The molecule has 0 spiro atoms. The largest absolute Gasteiger partial charge is 0.508 e. The molecule has 0 unspecified atom stereocenters. The summed E-state index contributed by atoms with van der Waals surface area (Å²) in [5.41, 5.74) is 18.5. The molecule has 3 aliphatic rings. The summed E-state index contributed by atoms with van der Waals surface area (Å²) in [6.45, 7) is 7.12. The number of aliphatic hydroxyl groups excluding tert-OH is 3. The smallest absolute Gasteiger partial charge is 0.246 e. The summed E-state index contributed by atoms with van der Waals surface area (Å²) in [6.07, 6.45) is -8.32. The number of benzene rings is 3. The fourth-order valence-electron chi connectivity index (χ4n) is 12.6. The number of rotatable bonds is 22. The molecule has 7 rings (SSSR count). The average molecular weight is 1460 g/mol. The highest BCUT2D eigenvalue weighted by molar-refractivity contribution is 6.01. The minimum Gasteiger partial charge on any atom is -0.508 e. The number of nitrogens with one attached hydrogen (secondary N) is 10. The molecule has 3 aliphatic heterocycles. The van der Waals surface area contributed by atoms with Gasteiger partial charge in [0.15, 0.2) is 6.23 Å². The van der Waals surface area contributed by atoms with E-state index in [9.17, 15) is 63.6 Å². The average Bonchev–Trinajstić information content (AvgIpc) is 1.77. The van der Waals surface area contributed by atoms with Crippen LogP contribution in [0.1, 0.15) is 115 Å². The molecule has 4 aromatic rings. The van der Waals surface area contributed by atoms with Crippen molar-refractivity contribution in [2.75, 3.05) is 19.7 Å². The van der Waals surface area contributed by atoms with Gasteiger partial charge in [-0.2, -0.15) is 0 Å². The van der Waals surface area contributed by atoms with Gasteiger partial charge in [-0.25, -0.2) is 4.68 Å². The molecular weight excluding hydrogens is 1370 g/mol. The summed E-state index contributed by atoms with van der Waals surface area (Å²) in [4.78, 5) is 189. The van der Waals surface area contributed by atoms with Crippen molar-refractivity contribution in [3.05, 3.63) is 114 Å². The Morgan fingerprint density at radius 2 is 1.08 bits per heavy atom. The lowest BCUT2D eigenvalue weighted by Crippen LogP contribution is -2.62. The van der Waals surface area contributed by atoms with E-state index in [1.807, 2.05) is 0 Å². The topological polar surface area (TPSA) is 544 Å². The molecule has 0 saturated carbocycles. The first kappa shape index (κ1) is 81.8. The minimum absolute atomic E-state index is 0.00357. The quantitative estimate of drug-likeness (QED) is 0.0352. The van der Waals surface area contributed by atoms with Crippen molar-refractivity contribution < 1.29 is 87.5 Å². The third-order valence-electron chi connectivity index (χ3n) is 18.1. The van der Waals surface area contributed by atoms with Gasteiger partial charge in [0, 0.05) is 45.6 Å². The molecule has 35 heteroatoms. The number of ether oxygens (including phenoxy) is 1. The van der Waals surface area contributed by atoms with E-state index in [0.29, 0.717) is 16.7 Å². The van der Waals surface area contributed by atoms with E-state index in [-0.39, 0.29) is 81.8 Å². The first-order valence-corrected chi connectivity index (χ1v) is 34.9. The van der Waals surface area contributed by atoms with Crippen molar-refractivity contribution in [2.45, 2.75) is 203 Å². The van der Waals surface area contributed by atoms with Crippen LogP contribution in [0.5, 0.6) is 5.75 Å². The molecule has 4 heterocycles. The number of hydrogen-bond acceptors (Lipinski definition) is 21. The summed E-state index contributed by atoms with van der Waals surface area (Å²) in [5, 5.41) is 76.7. The van der Waals surface area contributed by atoms with Crippen molar-refractivity contribution in [1.82, 2.24) is 73.1 Å². The maximum Gasteiger partial charge on any atom is 0.246 e. The lowest BCUT2D eigenvalue weighted by Gasteiger charge is -2.42. The highest BCUT2D eigenvalue weighted by Crippen LogP contribution is 2.29. The Morgan fingerprint density at radius 3 is 1.63 bits per heavy atom. The predicted octanol–water partition coefficient (Wildman–Crippen LogP) is -4.68. The molecule has 35 nitrogen and oxygen atoms in total. The summed E-state index contributed by atoms with van der Waals surface area (Å²) >= 11 is 0. The molecular formula is C70H97N17O18. The second-order valence-electron chi connectivity index (χ2n) is 27.2. The Balaban J connectivity index is 1.35. The van der Waals surface area contributed by atoms with Gasteiger partial charge in [0.05, 0.1) is 24.9 Å². The minimum atomic E-state index is -2.04. The van der Waals surface area contributed by atoms with E-state index in [1.165, 1.54) is 35.4 Å². The van der Waals surface area contributed by atoms with E-state index in [2.05, 4.69) is 63.5 Å². The van der Waals surface area contributed by atoms with Crippen LogP contribution in [-0.4, -0.2) is 222 Å². The molecule has 13 amide bonds. The van der Waals surface area contributed by atoms with Crippen molar-refractivity contribution in [3.63, 3.8) is 0 Å². The van der Waals surface area contributed by atoms with Crippen LogP contribution >= 0.6 is 0 Å². The number of aromatic hydroxyl groups is 1. The molecule has 1 aromatic heterocycles. The van der Waals surface area contributed by atoms with Gasteiger partial charge in [-0.1, -0.05) is 106 Å². The van der Waals surface area contributed by atoms with Crippen LogP contribution in [0.25, 0.3) is 0 Å². The van der Waals surface area contributed by atoms with Crippen LogP contribution in [0, 0.1) is 11.8 Å². The highest BCUT2D eigenvalue weighted by Gasteiger charge is 2.47. The number of aromatic nitrogens is 3. The summed E-state index contributed by atoms with van der Waals surface area (Å²) < 4.78 is 6.88. The Hall–Kier alpha value is -10.5. The van der Waals surface area contributed by atoms with Gasteiger partial charge in [0.2, 0.25) is 76.8 Å². The number of carbonyl (C=O) groups is 13. The zero-order valence-electron chi connectivity index (χ0n) is 59.1. The summed E-state index contributed by atoms with van der Waals surface area (Å²) in [6, 6.07) is 5.09. The number of hydrogen-bond donors (Lipinski definition) is 17. The third kappa shape index (κ3) is 23.8. The maximum absolute atomic E-state index is 15.3. The van der Waals surface area contributed by atoms with Crippen molar-refractivity contribution in [3.8, 4) is 5.75 Å². The van der Waals surface area contributed by atoms with E-state index in [4.69, 9.17) is 21.9 Å². The number of nitrogens with two attached hydrogens (primary N) is 3. The van der Waals surface area contributed by atoms with Gasteiger partial charge in [0.1, 0.15) is 90.5 Å². The number of carbonyl (C=O) groups excluding carboxylic acids is 13. The first-order valence-electron chi connectivity index (χ1n) is 34.9. The zero-order chi connectivity index (χ0) is 76.8. The van der Waals surface area contributed by atoms with E-state index >= 15 is 19.2 Å². The second-order valence-corrected chi connectivity index (χ2v) is 27.2. The molecule has 570 valence electrons. The molecule has 0 radical (unpaired) electrons. The Labute approximate surface area is 605 Å². The Morgan fingerprint density at radius 1 is 0.590 bits per heavy atom. The van der Waals surface area contributed by atoms with Gasteiger partial charge >= 0.3 is 0 Å². The van der Waals surface area contributed by atoms with Crippen LogP contribution in [0.2, 0.25) is 0 Å². The number of aliphatic hydroxyl groups is 3. The molecule has 3 saturated heterocycles. The molecule has 3 aromatic carbocycles. The monoisotopic (exact) mass is 1460 g/mol. The number of fused-ring (bicyclic) bond motifs is 1. The van der Waals surface area contributed by atoms with Gasteiger partial charge in [-0.3, -0.25) is 62.3 Å². The van der Waals surface area contributed by atoms with E-state index in [1.54, 1.807) is 88.4 Å². The van der Waals surface area contributed by atoms with E-state index < -0.39 is 206 Å². The Kier molecular flexibility index (Phi) is 30.3. The van der Waals surface area contributed by atoms with Gasteiger partial charge < -0.3 is 100 Å². The fourth-order valence-corrected chi connectivity index (χ4v) is 12.6. The molecule has 105 heavy (non-hydrogen) atoms. The number of primary amides is 2. The van der Waals surface area contributed by atoms with Crippen LogP contribution in [0.3, 0.4) is 0 Å². The standard InChI is InChI=1S/C70H97N17O18/c1-36(2)28-46-62(97)82-51(31-40-16-10-7-11-17-40)69(104)86-27-13-19-52(86)67(102)81-47(29-39-14-8-6-9-15-39)63(98)79-49(32-42-34-87(85-84-42)70-57(74-38(5)89)59(94)58(93)53(35-88)105-70)64(99)80-50(33-55(73)92)65(100)75-45(24-25-54(72)91)61(96)78-48(30-41-20-22-43(90)23-21-41)66(101)83-56(37(3)4)68(103)76-44(18-12-26-71)60(95)77-46/h6-11,14-17,20-23,34,36-37,44-53,56-59,70,88,90,93-94H,12-13,18-19,24-33,35,71H2,1-5H3,(H2,72,91)(H2,73,92)(H,74,89)(H,75,100)(H,76,103)(H,77,95)(H,78,96)(H,79,98)(H,80,99)(H,81,102)(H,82,97)(H,83,101)/t44-,45-,46-,47-,48-,49+,50-,51+,52-,53+,56-,57+,58+,59+,70+/m0/s1. The van der Waals surface area contributed by atoms with Crippen LogP contribution in [0.4, 0.5) is 0 Å². The van der Waals surface area contributed by atoms with Crippen LogP contribution < -0.4 is 70.4 Å². The lowest BCUT2D eigenvalue weighted by molar-refractivity contribution is -0.219. The first-order chi connectivity index (χ1) is 49.9. The molecule has 0 bridgehead atoms. The fraction of sp³-hybridized carbons (Fsp3) is 0.529.